The number of piperidine rings is 1. The third-order valence-electron chi connectivity index (χ3n) is 9.64. The van der Waals surface area contributed by atoms with E-state index in [9.17, 15) is 9.59 Å². The average molecular weight is 577 g/mol. The van der Waals surface area contributed by atoms with Crippen molar-refractivity contribution >= 4 is 29.1 Å². The molecule has 1 spiro atoms. The van der Waals surface area contributed by atoms with Crippen LogP contribution in [0.3, 0.4) is 0 Å². The molecular formula is C32H31ClF2N4O2. The van der Waals surface area contributed by atoms with Gasteiger partial charge < -0.3 is 14.7 Å². The third kappa shape index (κ3) is 4.38. The minimum atomic E-state index is -3.36. The molecule has 4 heterocycles. The molecule has 0 bridgehead atoms. The Bertz CT molecular complexity index is 1520. The van der Waals surface area contributed by atoms with Crippen LogP contribution in [0.1, 0.15) is 69.1 Å². The number of likely N-dealkylation sites (tertiary alicyclic amines) is 1. The highest BCUT2D eigenvalue weighted by Gasteiger charge is 2.52. The molecule has 0 unspecified atom stereocenters. The zero-order valence-corrected chi connectivity index (χ0v) is 23.4. The van der Waals surface area contributed by atoms with Crippen LogP contribution in [0.5, 0.6) is 0 Å². The first-order valence-electron chi connectivity index (χ1n) is 14.3. The van der Waals surface area contributed by atoms with E-state index in [0.717, 1.165) is 43.6 Å². The number of rotatable bonds is 3. The molecule has 6 nitrogen and oxygen atoms in total. The summed E-state index contributed by atoms with van der Waals surface area (Å²) in [5.41, 5.74) is 2.52. The molecule has 1 atom stereocenters. The lowest BCUT2D eigenvalue weighted by atomic mass is 9.77. The molecule has 2 aromatic carbocycles. The van der Waals surface area contributed by atoms with Crippen molar-refractivity contribution in [2.45, 2.75) is 44.1 Å². The van der Waals surface area contributed by atoms with Gasteiger partial charge in [0.25, 0.3) is 17.7 Å². The van der Waals surface area contributed by atoms with Gasteiger partial charge in [-0.1, -0.05) is 29.8 Å². The fraction of sp³-hybridized carbons (Fsp3) is 0.406. The van der Waals surface area contributed by atoms with Crippen LogP contribution < -0.4 is 4.90 Å². The Morgan fingerprint density at radius 2 is 1.61 bits per heavy atom. The maximum Gasteiger partial charge on any atom is 0.291 e. The van der Waals surface area contributed by atoms with E-state index in [2.05, 4.69) is 9.88 Å². The van der Waals surface area contributed by atoms with E-state index >= 15 is 8.78 Å². The molecule has 0 N–H and O–H groups in total. The van der Waals surface area contributed by atoms with E-state index in [4.69, 9.17) is 11.6 Å². The molecule has 1 aromatic heterocycles. The van der Waals surface area contributed by atoms with Crippen LogP contribution in [-0.4, -0.2) is 59.3 Å². The summed E-state index contributed by atoms with van der Waals surface area (Å²) < 4.78 is 32.1. The summed E-state index contributed by atoms with van der Waals surface area (Å²) in [7, 11) is 0. The zero-order chi connectivity index (χ0) is 28.4. The van der Waals surface area contributed by atoms with E-state index in [-0.39, 0.29) is 33.0 Å². The standard InChI is InChI=1S/C32H31ClF2N4O2/c33-25-4-2-1-3-23(25)30(41)39-20-32(34,35)28-24(7-5-21-6-8-26(39)27(21)28)29(40)38-18-13-31(19-38)11-16-37(17-12-31)22-9-14-36-15-10-22/h1-5,7,9-10,14-15,26H,6,8,11-13,16-20H2/t26-/m1/s1. The number of pyridine rings is 1. The number of hydrogen-bond donors (Lipinski definition) is 0. The monoisotopic (exact) mass is 576 g/mol. The van der Waals surface area contributed by atoms with Gasteiger partial charge in [-0.05, 0) is 79.0 Å². The first-order chi connectivity index (χ1) is 19.8. The Hall–Kier alpha value is -3.52. The van der Waals surface area contributed by atoms with Crippen molar-refractivity contribution < 1.29 is 18.4 Å². The molecule has 41 heavy (non-hydrogen) atoms. The molecule has 212 valence electrons. The summed E-state index contributed by atoms with van der Waals surface area (Å²) in [5, 5.41) is 0.239. The predicted molar refractivity (Wildman–Crippen MR) is 153 cm³/mol. The number of alkyl halides is 2. The van der Waals surface area contributed by atoms with Crippen LogP contribution in [0.4, 0.5) is 14.5 Å². The van der Waals surface area contributed by atoms with Gasteiger partial charge in [0.15, 0.2) is 0 Å². The number of benzene rings is 2. The van der Waals surface area contributed by atoms with Crippen molar-refractivity contribution in [1.82, 2.24) is 14.8 Å². The lowest BCUT2D eigenvalue weighted by molar-refractivity contribution is -0.0546. The summed E-state index contributed by atoms with van der Waals surface area (Å²) in [6.07, 6.45) is 7.51. The molecule has 1 aliphatic carbocycles. The highest BCUT2D eigenvalue weighted by atomic mass is 35.5. The number of amides is 2. The first kappa shape index (κ1) is 26.4. The number of halogens is 3. The van der Waals surface area contributed by atoms with Crippen LogP contribution in [0.2, 0.25) is 5.02 Å². The van der Waals surface area contributed by atoms with Crippen molar-refractivity contribution in [1.29, 1.82) is 0 Å². The Labute approximate surface area is 242 Å². The number of aromatic nitrogens is 1. The van der Waals surface area contributed by atoms with Gasteiger partial charge in [-0.2, -0.15) is 8.78 Å². The molecular weight excluding hydrogens is 546 g/mol. The Morgan fingerprint density at radius 3 is 2.37 bits per heavy atom. The minimum absolute atomic E-state index is 0.0103. The van der Waals surface area contributed by atoms with Gasteiger partial charge in [-0.15, -0.1) is 0 Å². The minimum Gasteiger partial charge on any atom is -0.371 e. The summed E-state index contributed by atoms with van der Waals surface area (Å²) in [6.45, 7) is 2.17. The number of carbonyl (C=O) groups excluding carboxylic acids is 2. The molecule has 3 aromatic rings. The van der Waals surface area contributed by atoms with Gasteiger partial charge in [0, 0.05) is 55.4 Å². The van der Waals surface area contributed by atoms with Crippen molar-refractivity contribution in [3.63, 3.8) is 0 Å². The van der Waals surface area contributed by atoms with Gasteiger partial charge in [0.1, 0.15) is 0 Å². The van der Waals surface area contributed by atoms with E-state index in [0.29, 0.717) is 31.5 Å². The maximum absolute atomic E-state index is 16.1. The van der Waals surface area contributed by atoms with E-state index < -0.39 is 24.4 Å². The summed E-state index contributed by atoms with van der Waals surface area (Å²) >= 11 is 6.26. The molecule has 2 saturated heterocycles. The normalized spacial score (nSPS) is 22.2. The van der Waals surface area contributed by atoms with Gasteiger partial charge in [0.2, 0.25) is 0 Å². The number of anilines is 1. The second-order valence-corrected chi connectivity index (χ2v) is 12.3. The Balaban J connectivity index is 1.14. The second-order valence-electron chi connectivity index (χ2n) is 11.9. The van der Waals surface area contributed by atoms with Gasteiger partial charge in [0.05, 0.1) is 23.2 Å². The number of hydrogen-bond acceptors (Lipinski definition) is 4. The topological polar surface area (TPSA) is 56.8 Å². The van der Waals surface area contributed by atoms with E-state index in [1.807, 2.05) is 18.2 Å². The molecule has 0 saturated carbocycles. The molecule has 7 rings (SSSR count). The fourth-order valence-electron chi connectivity index (χ4n) is 7.47. The molecule has 3 aliphatic heterocycles. The lowest BCUT2D eigenvalue weighted by Gasteiger charge is -2.41. The largest absolute Gasteiger partial charge is 0.371 e. The molecule has 4 aliphatic rings. The van der Waals surface area contributed by atoms with Gasteiger partial charge in [-0.3, -0.25) is 14.6 Å². The Kier molecular flexibility index (Phi) is 6.30. The highest BCUT2D eigenvalue weighted by molar-refractivity contribution is 6.33. The van der Waals surface area contributed by atoms with Crippen LogP contribution >= 0.6 is 11.6 Å². The molecule has 2 fully saturated rings. The van der Waals surface area contributed by atoms with Crippen molar-refractivity contribution in [3.8, 4) is 0 Å². The molecule has 2 amide bonds. The summed E-state index contributed by atoms with van der Waals surface area (Å²) in [4.78, 5) is 36.9. The number of carbonyl (C=O) groups is 2. The van der Waals surface area contributed by atoms with E-state index in [1.54, 1.807) is 47.6 Å². The van der Waals surface area contributed by atoms with Crippen LogP contribution in [0.15, 0.2) is 60.9 Å². The maximum atomic E-state index is 16.1. The third-order valence-corrected chi connectivity index (χ3v) is 9.97. The van der Waals surface area contributed by atoms with Crippen molar-refractivity contribution in [3.05, 3.63) is 93.8 Å². The lowest BCUT2D eigenvalue weighted by Crippen LogP contribution is -2.47. The van der Waals surface area contributed by atoms with Gasteiger partial charge in [-0.25, -0.2) is 0 Å². The fourth-order valence-corrected chi connectivity index (χ4v) is 7.69. The number of aryl methyl sites for hydroxylation is 1. The SMILES string of the molecule is O=C(c1ccc2c3c1C(F)(F)CN(C(=O)c1ccccc1Cl)[C@@H]3CC2)N1CCC2(CCN(c3ccncc3)CC2)C1. The van der Waals surface area contributed by atoms with Crippen LogP contribution in [0, 0.1) is 5.41 Å². The molecule has 9 heteroatoms. The van der Waals surface area contributed by atoms with Crippen molar-refractivity contribution in [2.75, 3.05) is 37.6 Å². The number of nitrogens with zero attached hydrogens (tertiary/aromatic N) is 4. The highest BCUT2D eigenvalue weighted by Crippen LogP contribution is 2.51. The van der Waals surface area contributed by atoms with Crippen LogP contribution in [-0.2, 0) is 12.3 Å². The molecule has 0 radical (unpaired) electrons. The summed E-state index contributed by atoms with van der Waals surface area (Å²) in [6, 6.07) is 13.5. The van der Waals surface area contributed by atoms with E-state index in [1.165, 1.54) is 4.90 Å². The smallest absolute Gasteiger partial charge is 0.291 e. The Morgan fingerprint density at radius 1 is 0.878 bits per heavy atom. The predicted octanol–water partition coefficient (Wildman–Crippen LogP) is 6.10. The average Bonchev–Trinajstić information content (AvgIpc) is 3.60. The first-order valence-corrected chi connectivity index (χ1v) is 14.7. The second kappa shape index (κ2) is 9.79. The van der Waals surface area contributed by atoms with Crippen molar-refractivity contribution in [2.24, 2.45) is 5.41 Å². The summed E-state index contributed by atoms with van der Waals surface area (Å²) in [5.74, 6) is -4.19. The van der Waals surface area contributed by atoms with Crippen LogP contribution in [0.25, 0.3) is 0 Å². The quantitative estimate of drug-likeness (QED) is 0.378. The zero-order valence-electron chi connectivity index (χ0n) is 22.7. The van der Waals surface area contributed by atoms with Gasteiger partial charge >= 0.3 is 0 Å².